The Morgan fingerprint density at radius 1 is 1.33 bits per heavy atom. The van der Waals surface area contributed by atoms with E-state index in [0.717, 1.165) is 12.8 Å². The molecule has 0 aromatic rings. The van der Waals surface area contributed by atoms with Gasteiger partial charge in [0.05, 0.1) is 5.76 Å². The normalized spacial score (nSPS) is 14.9. The van der Waals surface area contributed by atoms with E-state index in [1.165, 1.54) is 0 Å². The van der Waals surface area contributed by atoms with Crippen LogP contribution in [-0.2, 0) is 0 Å². The van der Waals surface area contributed by atoms with E-state index in [0.29, 0.717) is 5.76 Å². The molecule has 0 aromatic carbocycles. The summed E-state index contributed by atoms with van der Waals surface area (Å²) in [4.78, 5) is 0. The molecule has 1 aliphatic carbocycles. The molecule has 0 fully saturated rings. The van der Waals surface area contributed by atoms with Gasteiger partial charge in [-0.2, -0.15) is 0 Å². The van der Waals surface area contributed by atoms with Gasteiger partial charge in [0.25, 0.3) is 0 Å². The fourth-order valence-corrected chi connectivity index (χ4v) is 0.590. The maximum Gasteiger partial charge on any atom is 0.0925 e. The zero-order chi connectivity index (χ0) is 5.11. The summed E-state index contributed by atoms with van der Waals surface area (Å²) in [7, 11) is 0. The monoisotopic (exact) mass is 128 g/mol. The molecule has 1 heteroatoms. The lowest BCUT2D eigenvalue weighted by atomic mass is 10.2. The summed E-state index contributed by atoms with van der Waals surface area (Å²) < 4.78 is 0. The number of aliphatic hydroxyl groups excluding tert-OH is 1. The predicted molar refractivity (Wildman–Crippen MR) is 42.5 cm³/mol. The smallest absolute Gasteiger partial charge is 0.0925 e. The highest BCUT2D eigenvalue weighted by Crippen LogP contribution is 2.06. The van der Waals surface area contributed by atoms with E-state index in [-0.39, 0.29) is 14.9 Å². The van der Waals surface area contributed by atoms with Crippen LogP contribution in [0.4, 0.5) is 0 Å². The van der Waals surface area contributed by atoms with Crippen molar-refractivity contribution in [3.8, 4) is 0 Å². The van der Waals surface area contributed by atoms with Crippen LogP contribution in [-0.4, -0.2) is 5.11 Å². The minimum absolute atomic E-state index is 0. The first-order valence-corrected chi connectivity index (χ1v) is 2.44. The van der Waals surface area contributed by atoms with Crippen molar-refractivity contribution in [2.45, 2.75) is 27.7 Å². The Morgan fingerprint density at radius 2 is 2.00 bits per heavy atom. The summed E-state index contributed by atoms with van der Waals surface area (Å²) in [6.45, 7) is 0. The summed E-state index contributed by atoms with van der Waals surface area (Å²) >= 11 is 0. The van der Waals surface area contributed by atoms with Crippen LogP contribution in [0.2, 0.25) is 0 Å². The highest BCUT2D eigenvalue weighted by atomic mass is 16.3. The van der Waals surface area contributed by atoms with Crippen LogP contribution in [0.3, 0.4) is 0 Å². The molecule has 0 saturated carbocycles. The van der Waals surface area contributed by atoms with Gasteiger partial charge < -0.3 is 5.11 Å². The van der Waals surface area contributed by atoms with Crippen molar-refractivity contribution in [3.63, 3.8) is 0 Å². The predicted octanol–water partition coefficient (Wildman–Crippen LogP) is 3.05. The molecule has 0 bridgehead atoms. The largest absolute Gasteiger partial charge is 0.512 e. The Kier molecular flexibility index (Phi) is 6.70. The van der Waals surface area contributed by atoms with Gasteiger partial charge in [-0.25, -0.2) is 0 Å². The van der Waals surface area contributed by atoms with Crippen molar-refractivity contribution < 1.29 is 5.11 Å². The SMILES string of the molecule is C.C.OC1=CC=CCC1. The molecule has 0 aromatic heterocycles. The van der Waals surface area contributed by atoms with Crippen molar-refractivity contribution in [3.05, 3.63) is 24.0 Å². The van der Waals surface area contributed by atoms with Gasteiger partial charge in [-0.3, -0.25) is 0 Å². The number of aliphatic hydroxyl groups is 1. The molecule has 0 spiro atoms. The third-order valence-corrected chi connectivity index (χ3v) is 0.992. The summed E-state index contributed by atoms with van der Waals surface area (Å²) in [5.41, 5.74) is 0. The van der Waals surface area contributed by atoms with E-state index >= 15 is 0 Å². The topological polar surface area (TPSA) is 20.2 Å². The molecule has 0 atom stereocenters. The highest BCUT2D eigenvalue weighted by Gasteiger charge is 1.91. The second-order valence-corrected chi connectivity index (χ2v) is 1.62. The van der Waals surface area contributed by atoms with Crippen LogP contribution in [0.1, 0.15) is 27.7 Å². The Morgan fingerprint density at radius 3 is 2.22 bits per heavy atom. The van der Waals surface area contributed by atoms with E-state index in [4.69, 9.17) is 5.11 Å². The van der Waals surface area contributed by atoms with Crippen molar-refractivity contribution in [1.82, 2.24) is 0 Å². The molecular weight excluding hydrogens is 112 g/mol. The fraction of sp³-hybridized carbons (Fsp3) is 0.500. The van der Waals surface area contributed by atoms with Crippen molar-refractivity contribution in [1.29, 1.82) is 0 Å². The molecule has 0 saturated heterocycles. The molecule has 54 valence electrons. The summed E-state index contributed by atoms with van der Waals surface area (Å²) in [5.74, 6) is 0.502. The van der Waals surface area contributed by atoms with Crippen LogP contribution in [0.5, 0.6) is 0 Å². The first kappa shape index (κ1) is 11.1. The van der Waals surface area contributed by atoms with Crippen LogP contribution >= 0.6 is 0 Å². The zero-order valence-corrected chi connectivity index (χ0v) is 4.09. The van der Waals surface area contributed by atoms with E-state index in [1.54, 1.807) is 6.08 Å². The fourth-order valence-electron chi connectivity index (χ4n) is 0.590. The van der Waals surface area contributed by atoms with Gasteiger partial charge in [0.15, 0.2) is 0 Å². The minimum Gasteiger partial charge on any atom is -0.512 e. The van der Waals surface area contributed by atoms with Gasteiger partial charge in [-0.15, -0.1) is 0 Å². The second kappa shape index (κ2) is 5.42. The van der Waals surface area contributed by atoms with Crippen molar-refractivity contribution in [2.75, 3.05) is 0 Å². The van der Waals surface area contributed by atoms with Crippen LogP contribution in [0.25, 0.3) is 0 Å². The van der Waals surface area contributed by atoms with Gasteiger partial charge in [0, 0.05) is 6.42 Å². The molecule has 1 nitrogen and oxygen atoms in total. The molecule has 0 radical (unpaired) electrons. The van der Waals surface area contributed by atoms with E-state index < -0.39 is 0 Å². The molecule has 0 heterocycles. The zero-order valence-electron chi connectivity index (χ0n) is 4.09. The average Bonchev–Trinajstić information content (AvgIpc) is 1.69. The third kappa shape index (κ3) is 3.83. The Labute approximate surface area is 57.7 Å². The van der Waals surface area contributed by atoms with Crippen LogP contribution < -0.4 is 0 Å². The molecule has 0 unspecified atom stereocenters. The Hall–Kier alpha value is -0.720. The van der Waals surface area contributed by atoms with E-state index in [9.17, 15) is 0 Å². The van der Waals surface area contributed by atoms with Gasteiger partial charge in [-0.1, -0.05) is 27.0 Å². The summed E-state index contributed by atoms with van der Waals surface area (Å²) in [6, 6.07) is 0. The Bertz CT molecular complexity index is 112. The molecule has 0 aliphatic heterocycles. The van der Waals surface area contributed by atoms with Gasteiger partial charge in [0.2, 0.25) is 0 Å². The van der Waals surface area contributed by atoms with Crippen molar-refractivity contribution in [2.24, 2.45) is 0 Å². The molecule has 1 N–H and O–H groups in total. The minimum atomic E-state index is 0. The lowest BCUT2D eigenvalue weighted by Gasteiger charge is -1.97. The molecule has 1 aliphatic rings. The standard InChI is InChI=1S/C6H8O.2CH4/c7-6-4-2-1-3-5-6;;/h1-2,4,7H,3,5H2;2*1H4. The number of hydrogen-bond donors (Lipinski definition) is 1. The Balaban J connectivity index is 0. The first-order valence-electron chi connectivity index (χ1n) is 2.44. The average molecular weight is 128 g/mol. The quantitative estimate of drug-likeness (QED) is 0.531. The van der Waals surface area contributed by atoms with E-state index in [1.807, 2.05) is 12.2 Å². The second-order valence-electron chi connectivity index (χ2n) is 1.62. The van der Waals surface area contributed by atoms with E-state index in [2.05, 4.69) is 0 Å². The van der Waals surface area contributed by atoms with Gasteiger partial charge in [-0.05, 0) is 12.5 Å². The summed E-state index contributed by atoms with van der Waals surface area (Å²) in [6.07, 6.45) is 7.45. The number of rotatable bonds is 0. The lowest BCUT2D eigenvalue weighted by Crippen LogP contribution is -1.82. The first-order chi connectivity index (χ1) is 3.39. The molecular formula is C8H16O. The van der Waals surface area contributed by atoms with Crippen molar-refractivity contribution >= 4 is 0 Å². The summed E-state index contributed by atoms with van der Waals surface area (Å²) in [5, 5.41) is 8.72. The third-order valence-electron chi connectivity index (χ3n) is 0.992. The number of hydrogen-bond acceptors (Lipinski definition) is 1. The maximum atomic E-state index is 8.72. The number of allylic oxidation sites excluding steroid dienone is 4. The lowest BCUT2D eigenvalue weighted by molar-refractivity contribution is 0.387. The maximum absolute atomic E-state index is 8.72. The highest BCUT2D eigenvalue weighted by molar-refractivity contribution is 5.11. The van der Waals surface area contributed by atoms with Crippen LogP contribution in [0.15, 0.2) is 24.0 Å². The van der Waals surface area contributed by atoms with Gasteiger partial charge >= 0.3 is 0 Å². The molecule has 1 rings (SSSR count). The van der Waals surface area contributed by atoms with Gasteiger partial charge in [0.1, 0.15) is 0 Å². The molecule has 0 amide bonds. The molecule has 9 heavy (non-hydrogen) atoms. The van der Waals surface area contributed by atoms with Crippen LogP contribution in [0, 0.1) is 0 Å².